The summed E-state index contributed by atoms with van der Waals surface area (Å²) in [6, 6.07) is 17.8. The zero-order valence-electron chi connectivity index (χ0n) is 19.9. The average molecular weight is 435 g/mol. The second-order valence-electron chi connectivity index (χ2n) is 9.58. The van der Waals surface area contributed by atoms with E-state index < -0.39 is 0 Å². The van der Waals surface area contributed by atoms with E-state index in [0.29, 0.717) is 12.1 Å². The zero-order chi connectivity index (χ0) is 22.5. The number of piperidine rings is 1. The number of amides is 1. The summed E-state index contributed by atoms with van der Waals surface area (Å²) >= 11 is 0. The lowest BCUT2D eigenvalue weighted by Gasteiger charge is -2.39. The molecule has 2 aromatic rings. The molecule has 32 heavy (non-hydrogen) atoms. The topological polar surface area (TPSA) is 32.8 Å². The number of anilines is 1. The highest BCUT2D eigenvalue weighted by Crippen LogP contribution is 2.36. The lowest BCUT2D eigenvalue weighted by Crippen LogP contribution is -2.44. The van der Waals surface area contributed by atoms with Crippen molar-refractivity contribution in [1.82, 2.24) is 4.90 Å². The summed E-state index contributed by atoms with van der Waals surface area (Å²) in [6.45, 7) is 6.73. The normalized spacial score (nSPS) is 23.8. The molecule has 4 rings (SSSR count). The van der Waals surface area contributed by atoms with Gasteiger partial charge >= 0.3 is 0 Å². The van der Waals surface area contributed by atoms with E-state index >= 15 is 0 Å². The van der Waals surface area contributed by atoms with Gasteiger partial charge in [-0.2, -0.15) is 0 Å². The zero-order valence-corrected chi connectivity index (χ0v) is 19.9. The molecule has 1 amide bonds. The number of fused-ring (bicyclic) bond motifs is 1. The molecule has 1 saturated heterocycles. The molecule has 4 nitrogen and oxygen atoms in total. The van der Waals surface area contributed by atoms with E-state index in [4.69, 9.17) is 4.74 Å². The predicted molar refractivity (Wildman–Crippen MR) is 132 cm³/mol. The maximum Gasteiger partial charge on any atom is 0.234 e. The molecular weight excluding hydrogens is 396 g/mol. The Balaban J connectivity index is 1.38. The van der Waals surface area contributed by atoms with Crippen LogP contribution in [0.25, 0.3) is 0 Å². The monoisotopic (exact) mass is 434 g/mol. The van der Waals surface area contributed by atoms with E-state index in [1.165, 1.54) is 37.8 Å². The highest BCUT2D eigenvalue weighted by molar-refractivity contribution is 6.01. The van der Waals surface area contributed by atoms with Gasteiger partial charge in [-0.25, -0.2) is 0 Å². The van der Waals surface area contributed by atoms with E-state index in [-0.39, 0.29) is 11.8 Å². The highest BCUT2D eigenvalue weighted by Gasteiger charge is 2.33. The molecule has 3 atom stereocenters. The van der Waals surface area contributed by atoms with E-state index in [0.717, 1.165) is 42.8 Å². The molecule has 4 heteroatoms. The molecule has 3 unspecified atom stereocenters. The fourth-order valence-electron chi connectivity index (χ4n) is 5.54. The lowest BCUT2D eigenvalue weighted by molar-refractivity contribution is -0.120. The Bertz CT molecular complexity index is 885. The van der Waals surface area contributed by atoms with Gasteiger partial charge in [0, 0.05) is 24.3 Å². The van der Waals surface area contributed by atoms with Gasteiger partial charge in [0.15, 0.2) is 0 Å². The van der Waals surface area contributed by atoms with Crippen molar-refractivity contribution >= 4 is 11.6 Å². The Morgan fingerprint density at radius 1 is 0.906 bits per heavy atom. The summed E-state index contributed by atoms with van der Waals surface area (Å²) in [5.74, 6) is 0.935. The van der Waals surface area contributed by atoms with Gasteiger partial charge in [0.05, 0.1) is 13.0 Å². The quantitative estimate of drug-likeness (QED) is 0.492. The third-order valence-electron chi connectivity index (χ3n) is 7.46. The minimum atomic E-state index is -0.120. The minimum Gasteiger partial charge on any atom is -0.497 e. The first-order valence-corrected chi connectivity index (χ1v) is 12.4. The van der Waals surface area contributed by atoms with Gasteiger partial charge < -0.3 is 9.64 Å². The van der Waals surface area contributed by atoms with Crippen LogP contribution in [0.4, 0.5) is 5.69 Å². The number of likely N-dealkylation sites (tertiary alicyclic amines) is 1. The summed E-state index contributed by atoms with van der Waals surface area (Å²) in [6.07, 6.45) is 8.21. The third-order valence-corrected chi connectivity index (χ3v) is 7.46. The van der Waals surface area contributed by atoms with Gasteiger partial charge in [-0.1, -0.05) is 43.2 Å². The molecule has 0 N–H and O–H groups in total. The molecule has 0 spiro atoms. The number of rotatable bonds is 8. The second-order valence-corrected chi connectivity index (χ2v) is 9.58. The fourth-order valence-corrected chi connectivity index (χ4v) is 5.54. The Morgan fingerprint density at radius 3 is 2.31 bits per heavy atom. The molecule has 0 aliphatic carbocycles. The number of ether oxygens (including phenoxy) is 1. The molecule has 0 aromatic heterocycles. The van der Waals surface area contributed by atoms with Crippen molar-refractivity contribution in [1.29, 1.82) is 0 Å². The van der Waals surface area contributed by atoms with Crippen LogP contribution in [-0.4, -0.2) is 43.1 Å². The van der Waals surface area contributed by atoms with Crippen molar-refractivity contribution in [2.75, 3.05) is 25.1 Å². The van der Waals surface area contributed by atoms with Gasteiger partial charge in [0.1, 0.15) is 5.75 Å². The van der Waals surface area contributed by atoms with Crippen LogP contribution in [0.1, 0.15) is 69.4 Å². The summed E-state index contributed by atoms with van der Waals surface area (Å²) in [4.78, 5) is 18.3. The molecule has 0 saturated carbocycles. The average Bonchev–Trinajstić information content (AvgIpc) is 2.81. The summed E-state index contributed by atoms with van der Waals surface area (Å²) < 4.78 is 5.29. The smallest absolute Gasteiger partial charge is 0.234 e. The molecule has 2 heterocycles. The molecule has 2 aliphatic heterocycles. The molecule has 2 aliphatic rings. The van der Waals surface area contributed by atoms with Gasteiger partial charge in [-0.05, 0) is 81.8 Å². The van der Waals surface area contributed by atoms with Gasteiger partial charge in [-0.15, -0.1) is 0 Å². The van der Waals surface area contributed by atoms with Crippen LogP contribution >= 0.6 is 0 Å². The maximum atomic E-state index is 13.5. The maximum absolute atomic E-state index is 13.5. The number of benzene rings is 2. The number of unbranched alkanes of at least 4 members (excludes halogenated alkanes) is 2. The van der Waals surface area contributed by atoms with E-state index in [1.54, 1.807) is 7.11 Å². The summed E-state index contributed by atoms with van der Waals surface area (Å²) in [7, 11) is 1.67. The van der Waals surface area contributed by atoms with Crippen molar-refractivity contribution < 1.29 is 9.53 Å². The van der Waals surface area contributed by atoms with Crippen LogP contribution in [0, 0.1) is 0 Å². The molecule has 172 valence electrons. The fraction of sp³-hybridized carbons (Fsp3) is 0.536. The van der Waals surface area contributed by atoms with Crippen LogP contribution in [-0.2, 0) is 11.2 Å². The van der Waals surface area contributed by atoms with E-state index in [2.05, 4.69) is 36.9 Å². The van der Waals surface area contributed by atoms with Crippen molar-refractivity contribution in [2.45, 2.75) is 76.8 Å². The standard InChI is InChI=1S/C28H38N2O2/c1-21-10-9-11-22(2)29(21)18-7-4-8-19-30-27-13-6-5-12-24(27)20-26(28(30)31)23-14-16-25(32-3)17-15-23/h5-6,12-17,21-22,26H,4,7-11,18-20H2,1-3H3. The number of carbonyl (C=O) groups excluding carboxylic acids is 1. The van der Waals surface area contributed by atoms with Crippen LogP contribution in [0.2, 0.25) is 0 Å². The van der Waals surface area contributed by atoms with Crippen molar-refractivity contribution in [3.8, 4) is 5.75 Å². The summed E-state index contributed by atoms with van der Waals surface area (Å²) in [5.41, 5.74) is 3.44. The minimum absolute atomic E-state index is 0.120. The number of hydrogen-bond acceptors (Lipinski definition) is 3. The first-order valence-electron chi connectivity index (χ1n) is 12.4. The van der Waals surface area contributed by atoms with Crippen molar-refractivity contribution in [2.24, 2.45) is 0 Å². The molecule has 2 aromatic carbocycles. The van der Waals surface area contributed by atoms with Crippen molar-refractivity contribution in [3.05, 3.63) is 59.7 Å². The van der Waals surface area contributed by atoms with Crippen LogP contribution in [0.15, 0.2) is 48.5 Å². The predicted octanol–water partition coefficient (Wildman–Crippen LogP) is 5.80. The van der Waals surface area contributed by atoms with Gasteiger partial charge in [0.25, 0.3) is 0 Å². The van der Waals surface area contributed by atoms with Gasteiger partial charge in [0.2, 0.25) is 5.91 Å². The Labute approximate surface area is 193 Å². The third kappa shape index (κ3) is 5.01. The molecule has 0 radical (unpaired) electrons. The second kappa shape index (κ2) is 10.5. The van der Waals surface area contributed by atoms with Crippen LogP contribution < -0.4 is 9.64 Å². The van der Waals surface area contributed by atoms with E-state index in [1.807, 2.05) is 35.2 Å². The number of para-hydroxylation sites is 1. The largest absolute Gasteiger partial charge is 0.497 e. The Hall–Kier alpha value is -2.33. The highest BCUT2D eigenvalue weighted by atomic mass is 16.5. The first kappa shape index (κ1) is 22.8. The Morgan fingerprint density at radius 2 is 1.59 bits per heavy atom. The first-order chi connectivity index (χ1) is 15.6. The number of nitrogens with zero attached hydrogens (tertiary/aromatic N) is 2. The van der Waals surface area contributed by atoms with E-state index in [9.17, 15) is 4.79 Å². The number of methoxy groups -OCH3 is 1. The summed E-state index contributed by atoms with van der Waals surface area (Å²) in [5, 5.41) is 0. The van der Waals surface area contributed by atoms with Crippen LogP contribution in [0.3, 0.4) is 0 Å². The van der Waals surface area contributed by atoms with Crippen molar-refractivity contribution in [3.63, 3.8) is 0 Å². The SMILES string of the molecule is COc1ccc(C2Cc3ccccc3N(CCCCCN3C(C)CCCC3C)C2=O)cc1. The number of hydrogen-bond donors (Lipinski definition) is 0. The lowest BCUT2D eigenvalue weighted by atomic mass is 9.86. The van der Waals surface area contributed by atoms with Crippen LogP contribution in [0.5, 0.6) is 5.75 Å². The molecule has 0 bridgehead atoms. The Kier molecular flexibility index (Phi) is 7.51. The molecular formula is C28H38N2O2. The number of carbonyl (C=O) groups is 1. The molecule has 1 fully saturated rings. The van der Waals surface area contributed by atoms with Gasteiger partial charge in [-0.3, -0.25) is 9.69 Å².